The zero-order chi connectivity index (χ0) is 20.0. The van der Waals surface area contributed by atoms with Gasteiger partial charge in [-0.25, -0.2) is 8.42 Å². The van der Waals surface area contributed by atoms with Crippen molar-refractivity contribution in [2.75, 3.05) is 43.1 Å². The Morgan fingerprint density at radius 2 is 1.96 bits per heavy atom. The van der Waals surface area contributed by atoms with Crippen LogP contribution in [0.25, 0.3) is 0 Å². The lowest BCUT2D eigenvalue weighted by molar-refractivity contribution is -0.121. The Bertz CT molecular complexity index is 797. The van der Waals surface area contributed by atoms with Gasteiger partial charge in [-0.1, -0.05) is 18.2 Å². The van der Waals surface area contributed by atoms with E-state index in [1.54, 1.807) is 7.05 Å². The number of aliphatic imine (C=N–C) groups is 1. The molecule has 2 atom stereocenters. The maximum atomic E-state index is 12.0. The lowest BCUT2D eigenvalue weighted by Gasteiger charge is -2.20. The minimum absolute atomic E-state index is 0.0506. The SMILES string of the molecule is CN=C(NCCC(=O)NC1CCS(=O)(=O)C1)NC1CCN(c2ccccc2)C1. The third kappa shape index (κ3) is 5.85. The molecule has 28 heavy (non-hydrogen) atoms. The summed E-state index contributed by atoms with van der Waals surface area (Å²) in [6.07, 6.45) is 1.80. The molecule has 1 amide bonds. The smallest absolute Gasteiger partial charge is 0.222 e. The van der Waals surface area contributed by atoms with Crippen LogP contribution in [-0.2, 0) is 14.6 Å². The number of anilines is 1. The summed E-state index contributed by atoms with van der Waals surface area (Å²) in [5.41, 5.74) is 1.22. The maximum Gasteiger partial charge on any atom is 0.222 e. The Balaban J connectivity index is 1.36. The number of hydrogen-bond acceptors (Lipinski definition) is 5. The highest BCUT2D eigenvalue weighted by atomic mass is 32.2. The molecule has 154 valence electrons. The van der Waals surface area contributed by atoms with Crippen LogP contribution in [0.3, 0.4) is 0 Å². The van der Waals surface area contributed by atoms with Gasteiger partial charge in [0.25, 0.3) is 0 Å². The molecule has 2 aliphatic heterocycles. The van der Waals surface area contributed by atoms with Crippen LogP contribution < -0.4 is 20.9 Å². The van der Waals surface area contributed by atoms with Crippen molar-refractivity contribution in [1.82, 2.24) is 16.0 Å². The van der Waals surface area contributed by atoms with Crippen molar-refractivity contribution in [2.24, 2.45) is 4.99 Å². The first-order chi connectivity index (χ1) is 13.4. The van der Waals surface area contributed by atoms with Crippen molar-refractivity contribution in [1.29, 1.82) is 0 Å². The predicted molar refractivity (Wildman–Crippen MR) is 111 cm³/mol. The highest BCUT2D eigenvalue weighted by molar-refractivity contribution is 7.91. The number of guanidine groups is 1. The third-order valence-electron chi connectivity index (χ3n) is 5.12. The van der Waals surface area contributed by atoms with Crippen LogP contribution in [0.2, 0.25) is 0 Å². The van der Waals surface area contributed by atoms with Crippen LogP contribution in [-0.4, -0.2) is 70.6 Å². The fourth-order valence-electron chi connectivity index (χ4n) is 3.64. The Morgan fingerprint density at radius 1 is 1.18 bits per heavy atom. The van der Waals surface area contributed by atoms with Gasteiger partial charge in [0.05, 0.1) is 11.5 Å². The molecule has 2 heterocycles. The van der Waals surface area contributed by atoms with Gasteiger partial charge in [-0.05, 0) is 25.0 Å². The lowest BCUT2D eigenvalue weighted by Crippen LogP contribution is -2.45. The molecule has 2 fully saturated rings. The second-order valence-corrected chi connectivity index (χ2v) is 9.56. The highest BCUT2D eigenvalue weighted by Gasteiger charge is 2.28. The summed E-state index contributed by atoms with van der Waals surface area (Å²) in [4.78, 5) is 18.6. The lowest BCUT2D eigenvalue weighted by atomic mass is 10.2. The molecule has 2 saturated heterocycles. The number of rotatable bonds is 6. The number of amides is 1. The molecule has 1 aromatic carbocycles. The third-order valence-corrected chi connectivity index (χ3v) is 6.88. The van der Waals surface area contributed by atoms with Gasteiger partial charge in [-0.3, -0.25) is 9.79 Å². The van der Waals surface area contributed by atoms with Crippen molar-refractivity contribution in [3.63, 3.8) is 0 Å². The number of nitrogens with one attached hydrogen (secondary N) is 3. The van der Waals surface area contributed by atoms with E-state index in [1.165, 1.54) is 5.69 Å². The van der Waals surface area contributed by atoms with Gasteiger partial charge in [0, 0.05) is 50.9 Å². The minimum Gasteiger partial charge on any atom is -0.369 e. The molecule has 1 aromatic rings. The van der Waals surface area contributed by atoms with Crippen molar-refractivity contribution in [3.05, 3.63) is 30.3 Å². The summed E-state index contributed by atoms with van der Waals surface area (Å²) >= 11 is 0. The van der Waals surface area contributed by atoms with Gasteiger partial charge in [0.2, 0.25) is 5.91 Å². The van der Waals surface area contributed by atoms with Gasteiger partial charge >= 0.3 is 0 Å². The van der Waals surface area contributed by atoms with E-state index >= 15 is 0 Å². The van der Waals surface area contributed by atoms with Crippen molar-refractivity contribution in [2.45, 2.75) is 31.3 Å². The van der Waals surface area contributed by atoms with E-state index in [2.05, 4.69) is 38.0 Å². The van der Waals surface area contributed by atoms with E-state index in [1.807, 2.05) is 18.2 Å². The zero-order valence-electron chi connectivity index (χ0n) is 16.2. The molecule has 2 unspecified atom stereocenters. The first kappa shape index (κ1) is 20.4. The second kappa shape index (κ2) is 9.27. The van der Waals surface area contributed by atoms with Crippen LogP contribution >= 0.6 is 0 Å². The highest BCUT2D eigenvalue weighted by Crippen LogP contribution is 2.19. The largest absolute Gasteiger partial charge is 0.369 e. The summed E-state index contributed by atoms with van der Waals surface area (Å²) in [6, 6.07) is 10.4. The van der Waals surface area contributed by atoms with E-state index < -0.39 is 9.84 Å². The molecular weight excluding hydrogens is 378 g/mol. The van der Waals surface area contributed by atoms with E-state index in [0.717, 1.165) is 19.5 Å². The molecule has 3 rings (SSSR count). The monoisotopic (exact) mass is 407 g/mol. The first-order valence-corrected chi connectivity index (χ1v) is 11.5. The van der Waals surface area contributed by atoms with Gasteiger partial charge in [-0.2, -0.15) is 0 Å². The first-order valence-electron chi connectivity index (χ1n) is 9.72. The summed E-state index contributed by atoms with van der Waals surface area (Å²) in [7, 11) is -1.27. The average molecular weight is 408 g/mol. The summed E-state index contributed by atoms with van der Waals surface area (Å²) < 4.78 is 22.9. The Morgan fingerprint density at radius 3 is 2.64 bits per heavy atom. The predicted octanol–water partition coefficient (Wildman–Crippen LogP) is 0.124. The van der Waals surface area contributed by atoms with Gasteiger partial charge < -0.3 is 20.9 Å². The second-order valence-electron chi connectivity index (χ2n) is 7.33. The van der Waals surface area contributed by atoms with E-state index in [9.17, 15) is 13.2 Å². The van der Waals surface area contributed by atoms with Crippen LogP contribution in [0.5, 0.6) is 0 Å². The number of carbonyl (C=O) groups is 1. The van der Waals surface area contributed by atoms with Crippen molar-refractivity contribution < 1.29 is 13.2 Å². The molecule has 0 spiro atoms. The average Bonchev–Trinajstić information content (AvgIpc) is 3.27. The topological polar surface area (TPSA) is 103 Å². The number of para-hydroxylation sites is 1. The number of nitrogens with zero attached hydrogens (tertiary/aromatic N) is 2. The fraction of sp³-hybridized carbons (Fsp3) is 0.579. The summed E-state index contributed by atoms with van der Waals surface area (Å²) in [5.74, 6) is 0.751. The number of hydrogen-bond donors (Lipinski definition) is 3. The standard InChI is InChI=1S/C19H29N5O3S/c1-20-19(21-10-7-18(25)22-16-9-12-28(26,27)14-16)23-15-8-11-24(13-15)17-5-3-2-4-6-17/h2-6,15-16H,7-14H2,1H3,(H,22,25)(H2,20,21,23). The van der Waals surface area contributed by atoms with E-state index in [4.69, 9.17) is 0 Å². The van der Waals surface area contributed by atoms with Gasteiger partial charge in [0.15, 0.2) is 15.8 Å². The molecule has 9 heteroatoms. The zero-order valence-corrected chi connectivity index (χ0v) is 17.0. The Labute approximate surface area is 166 Å². The van der Waals surface area contributed by atoms with Gasteiger partial charge in [0.1, 0.15) is 0 Å². The quantitative estimate of drug-likeness (QED) is 0.457. The maximum absolute atomic E-state index is 12.0. The van der Waals surface area contributed by atoms with E-state index in [0.29, 0.717) is 25.0 Å². The summed E-state index contributed by atoms with van der Waals surface area (Å²) in [5, 5.41) is 9.37. The minimum atomic E-state index is -2.98. The Kier molecular flexibility index (Phi) is 6.77. The molecule has 2 aliphatic rings. The van der Waals surface area contributed by atoms with Crippen molar-refractivity contribution >= 4 is 27.4 Å². The fourth-order valence-corrected chi connectivity index (χ4v) is 5.32. The number of benzene rings is 1. The molecule has 8 nitrogen and oxygen atoms in total. The molecule has 0 aliphatic carbocycles. The van der Waals surface area contributed by atoms with Crippen LogP contribution in [0, 0.1) is 0 Å². The number of carbonyl (C=O) groups excluding carboxylic acids is 1. The van der Waals surface area contributed by atoms with Gasteiger partial charge in [-0.15, -0.1) is 0 Å². The molecule has 0 radical (unpaired) electrons. The van der Waals surface area contributed by atoms with Crippen molar-refractivity contribution in [3.8, 4) is 0 Å². The Hall–Kier alpha value is -2.29. The van der Waals surface area contributed by atoms with Crippen LogP contribution in [0.1, 0.15) is 19.3 Å². The summed E-state index contributed by atoms with van der Waals surface area (Å²) in [6.45, 7) is 2.34. The molecule has 0 saturated carbocycles. The molecule has 0 aromatic heterocycles. The molecule has 3 N–H and O–H groups in total. The van der Waals surface area contributed by atoms with Crippen LogP contribution in [0.4, 0.5) is 5.69 Å². The normalized spacial score (nSPS) is 24.2. The number of sulfone groups is 1. The molecular formula is C19H29N5O3S. The van der Waals surface area contributed by atoms with Crippen LogP contribution in [0.15, 0.2) is 35.3 Å². The van der Waals surface area contributed by atoms with E-state index in [-0.39, 0.29) is 29.9 Å². The molecule has 0 bridgehead atoms.